The summed E-state index contributed by atoms with van der Waals surface area (Å²) in [6, 6.07) is 1.82. The molecule has 16 heavy (non-hydrogen) atoms. The van der Waals surface area contributed by atoms with E-state index in [0.717, 1.165) is 17.1 Å². The zero-order valence-corrected chi connectivity index (χ0v) is 9.89. The Balaban J connectivity index is 2.07. The average molecular weight is 236 g/mol. The van der Waals surface area contributed by atoms with E-state index in [1.165, 1.54) is 11.3 Å². The molecule has 0 bridgehead atoms. The molecule has 2 rings (SSSR count). The molecular weight excluding hydrogens is 224 g/mol. The Kier molecular flexibility index (Phi) is 3.00. The van der Waals surface area contributed by atoms with Crippen LogP contribution in [0, 0.1) is 6.92 Å². The Labute approximate surface area is 96.9 Å². The lowest BCUT2D eigenvalue weighted by Gasteiger charge is -1.96. The highest BCUT2D eigenvalue weighted by Crippen LogP contribution is 2.11. The van der Waals surface area contributed by atoms with Crippen molar-refractivity contribution < 1.29 is 4.79 Å². The number of anilines is 1. The smallest absolute Gasteiger partial charge is 0.276 e. The molecule has 0 spiro atoms. The Morgan fingerprint density at radius 2 is 2.44 bits per heavy atom. The minimum absolute atomic E-state index is 0.224. The Bertz CT molecular complexity index is 502. The van der Waals surface area contributed by atoms with Gasteiger partial charge in [0.25, 0.3) is 5.91 Å². The van der Waals surface area contributed by atoms with Gasteiger partial charge < -0.3 is 5.32 Å². The van der Waals surface area contributed by atoms with Crippen molar-refractivity contribution in [2.45, 2.75) is 20.3 Å². The number of nitrogens with zero attached hydrogens (tertiary/aromatic N) is 2. The predicted molar refractivity (Wildman–Crippen MR) is 62.8 cm³/mol. The van der Waals surface area contributed by atoms with Crippen LogP contribution in [0.25, 0.3) is 0 Å². The number of hydrogen-bond donors (Lipinski definition) is 2. The fourth-order valence-electron chi connectivity index (χ4n) is 1.25. The lowest BCUT2D eigenvalue weighted by Crippen LogP contribution is -2.12. The third kappa shape index (κ3) is 2.27. The SMILES string of the molecule is CCc1cc(NC(=O)c2csc(C)n2)n[nH]1. The number of aryl methyl sites for hydroxylation is 2. The van der Waals surface area contributed by atoms with Crippen LogP contribution in [0.1, 0.15) is 28.1 Å². The number of H-pyrrole nitrogens is 1. The number of carbonyl (C=O) groups is 1. The van der Waals surface area contributed by atoms with Crippen molar-refractivity contribution in [2.24, 2.45) is 0 Å². The number of aromatic amines is 1. The number of thiazole rings is 1. The minimum Gasteiger partial charge on any atom is -0.304 e. The standard InChI is InChI=1S/C10H12N4OS/c1-3-7-4-9(14-13-7)12-10(15)8-5-16-6(2)11-8/h4-5H,3H2,1-2H3,(H2,12,13,14,15). The zero-order valence-electron chi connectivity index (χ0n) is 9.07. The van der Waals surface area contributed by atoms with E-state index in [0.29, 0.717) is 11.5 Å². The van der Waals surface area contributed by atoms with Crippen LogP contribution < -0.4 is 5.32 Å². The van der Waals surface area contributed by atoms with E-state index < -0.39 is 0 Å². The summed E-state index contributed by atoms with van der Waals surface area (Å²) in [6.07, 6.45) is 0.860. The van der Waals surface area contributed by atoms with Crippen molar-refractivity contribution in [3.05, 3.63) is 27.8 Å². The number of amides is 1. The molecule has 0 aliphatic rings. The van der Waals surface area contributed by atoms with Gasteiger partial charge in [0.2, 0.25) is 0 Å². The van der Waals surface area contributed by atoms with Crippen molar-refractivity contribution >= 4 is 23.1 Å². The Morgan fingerprint density at radius 3 is 3.00 bits per heavy atom. The van der Waals surface area contributed by atoms with E-state index in [9.17, 15) is 4.79 Å². The average Bonchev–Trinajstić information content (AvgIpc) is 2.87. The summed E-state index contributed by atoms with van der Waals surface area (Å²) in [5.41, 5.74) is 1.42. The maximum atomic E-state index is 11.7. The van der Waals surface area contributed by atoms with Gasteiger partial charge in [-0.15, -0.1) is 11.3 Å². The Morgan fingerprint density at radius 1 is 1.62 bits per heavy atom. The van der Waals surface area contributed by atoms with Gasteiger partial charge in [0.15, 0.2) is 5.82 Å². The third-order valence-corrected chi connectivity index (χ3v) is 2.88. The van der Waals surface area contributed by atoms with Gasteiger partial charge in [-0.1, -0.05) is 6.92 Å². The van der Waals surface area contributed by atoms with Crippen molar-refractivity contribution in [3.8, 4) is 0 Å². The first-order valence-electron chi connectivity index (χ1n) is 4.97. The lowest BCUT2D eigenvalue weighted by molar-refractivity contribution is 0.102. The maximum Gasteiger partial charge on any atom is 0.276 e. The highest BCUT2D eigenvalue weighted by molar-refractivity contribution is 7.09. The number of carbonyl (C=O) groups excluding carboxylic acids is 1. The summed E-state index contributed by atoms with van der Waals surface area (Å²) in [7, 11) is 0. The number of aromatic nitrogens is 3. The van der Waals surface area contributed by atoms with Crippen LogP contribution in [0.15, 0.2) is 11.4 Å². The summed E-state index contributed by atoms with van der Waals surface area (Å²) >= 11 is 1.45. The minimum atomic E-state index is -0.224. The summed E-state index contributed by atoms with van der Waals surface area (Å²) in [4.78, 5) is 15.8. The van der Waals surface area contributed by atoms with Crippen LogP contribution in [-0.2, 0) is 6.42 Å². The fraction of sp³-hybridized carbons (Fsp3) is 0.300. The quantitative estimate of drug-likeness (QED) is 0.856. The molecule has 0 radical (unpaired) electrons. The van der Waals surface area contributed by atoms with Gasteiger partial charge in [0.05, 0.1) is 5.01 Å². The van der Waals surface area contributed by atoms with Crippen LogP contribution >= 0.6 is 11.3 Å². The lowest BCUT2D eigenvalue weighted by atomic mass is 10.3. The molecule has 2 heterocycles. The van der Waals surface area contributed by atoms with Crippen LogP contribution in [-0.4, -0.2) is 21.1 Å². The second kappa shape index (κ2) is 4.44. The van der Waals surface area contributed by atoms with Gasteiger partial charge in [0, 0.05) is 17.1 Å². The van der Waals surface area contributed by atoms with Crippen LogP contribution in [0.3, 0.4) is 0 Å². The molecule has 5 nitrogen and oxygen atoms in total. The summed E-state index contributed by atoms with van der Waals surface area (Å²) in [6.45, 7) is 3.88. The van der Waals surface area contributed by atoms with E-state index in [4.69, 9.17) is 0 Å². The van der Waals surface area contributed by atoms with E-state index in [2.05, 4.69) is 20.5 Å². The number of hydrogen-bond acceptors (Lipinski definition) is 4. The first kappa shape index (κ1) is 10.8. The van der Waals surface area contributed by atoms with Crippen molar-refractivity contribution in [1.29, 1.82) is 0 Å². The van der Waals surface area contributed by atoms with Crippen molar-refractivity contribution in [3.63, 3.8) is 0 Å². The molecular formula is C10H12N4OS. The maximum absolute atomic E-state index is 11.7. The second-order valence-corrected chi connectivity index (χ2v) is 4.40. The molecule has 0 saturated heterocycles. The highest BCUT2D eigenvalue weighted by atomic mass is 32.1. The molecule has 0 unspecified atom stereocenters. The monoisotopic (exact) mass is 236 g/mol. The van der Waals surface area contributed by atoms with E-state index in [-0.39, 0.29) is 5.91 Å². The van der Waals surface area contributed by atoms with Gasteiger partial charge in [0.1, 0.15) is 5.69 Å². The zero-order chi connectivity index (χ0) is 11.5. The number of rotatable bonds is 3. The molecule has 2 N–H and O–H groups in total. The van der Waals surface area contributed by atoms with E-state index in [1.54, 1.807) is 5.38 Å². The summed E-state index contributed by atoms with van der Waals surface area (Å²) in [5, 5.41) is 12.1. The van der Waals surface area contributed by atoms with E-state index >= 15 is 0 Å². The molecule has 0 aliphatic heterocycles. The van der Waals surface area contributed by atoms with E-state index in [1.807, 2.05) is 19.9 Å². The molecule has 0 saturated carbocycles. The normalized spacial score (nSPS) is 10.4. The third-order valence-electron chi connectivity index (χ3n) is 2.11. The molecule has 2 aromatic rings. The molecule has 2 aromatic heterocycles. The molecule has 0 atom stereocenters. The topological polar surface area (TPSA) is 70.7 Å². The van der Waals surface area contributed by atoms with Crippen LogP contribution in [0.4, 0.5) is 5.82 Å². The van der Waals surface area contributed by atoms with Crippen molar-refractivity contribution in [2.75, 3.05) is 5.32 Å². The van der Waals surface area contributed by atoms with Gasteiger partial charge >= 0.3 is 0 Å². The van der Waals surface area contributed by atoms with Gasteiger partial charge in [-0.3, -0.25) is 9.89 Å². The largest absolute Gasteiger partial charge is 0.304 e. The van der Waals surface area contributed by atoms with Crippen LogP contribution in [0.5, 0.6) is 0 Å². The van der Waals surface area contributed by atoms with Gasteiger partial charge in [-0.25, -0.2) is 4.98 Å². The first-order valence-corrected chi connectivity index (χ1v) is 5.84. The summed E-state index contributed by atoms with van der Waals surface area (Å²) < 4.78 is 0. The fourth-order valence-corrected chi connectivity index (χ4v) is 1.85. The van der Waals surface area contributed by atoms with Crippen molar-refractivity contribution in [1.82, 2.24) is 15.2 Å². The molecule has 6 heteroatoms. The summed E-state index contributed by atoms with van der Waals surface area (Å²) in [5.74, 6) is 0.311. The van der Waals surface area contributed by atoms with Gasteiger partial charge in [-0.2, -0.15) is 5.10 Å². The number of nitrogens with one attached hydrogen (secondary N) is 2. The molecule has 84 valence electrons. The predicted octanol–water partition coefficient (Wildman–Crippen LogP) is 1.99. The first-order chi connectivity index (χ1) is 7.69. The molecule has 0 aromatic carbocycles. The van der Waals surface area contributed by atoms with Gasteiger partial charge in [-0.05, 0) is 13.3 Å². The highest BCUT2D eigenvalue weighted by Gasteiger charge is 2.10. The molecule has 1 amide bonds. The molecule has 0 aliphatic carbocycles. The van der Waals surface area contributed by atoms with Crippen LogP contribution in [0.2, 0.25) is 0 Å². The second-order valence-electron chi connectivity index (χ2n) is 3.34. The Hall–Kier alpha value is -1.69. The molecule has 0 fully saturated rings.